The van der Waals surface area contributed by atoms with Gasteiger partial charge in [0.1, 0.15) is 11.5 Å². The Labute approximate surface area is 374 Å². The van der Waals surface area contributed by atoms with E-state index in [1.165, 1.54) is 55.8 Å². The van der Waals surface area contributed by atoms with Gasteiger partial charge in [0.15, 0.2) is 0 Å². The first kappa shape index (κ1) is 40.5. The van der Waals surface area contributed by atoms with Crippen molar-refractivity contribution in [1.82, 2.24) is 9.38 Å². The fourth-order valence-corrected chi connectivity index (χ4v) is 9.78. The number of para-hydroxylation sites is 2. The molecular weight excluding hydrogens is 765 g/mol. The number of fused-ring (bicyclic) bond motifs is 6. The van der Waals surface area contributed by atoms with Crippen molar-refractivity contribution in [3.05, 3.63) is 180 Å². The maximum atomic E-state index is 5.60. The average Bonchev–Trinajstić information content (AvgIpc) is 3.63. The highest BCUT2D eigenvalue weighted by Crippen LogP contribution is 2.47. The Kier molecular flexibility index (Phi) is 9.34. The lowest BCUT2D eigenvalue weighted by Crippen LogP contribution is -2.61. The van der Waals surface area contributed by atoms with Crippen molar-refractivity contribution in [1.29, 1.82) is 0 Å². The predicted molar refractivity (Wildman–Crippen MR) is 269 cm³/mol. The van der Waals surface area contributed by atoms with Gasteiger partial charge in [-0.25, -0.2) is 4.98 Å². The standard InChI is InChI=1S/C57H58BN5/c1-37-33-39(55(3,4)5)25-30-46(37)62(47-31-26-40(34-38(47)2)56(6,7)8)44-28-29-45-50(35-44)61(42-19-14-12-15-20-42)48-23-18-24-49-52(48)58(45)53-54(63(49)43-21-16-13-17-22-43)60-36-41(57(9,10)11)27-32-51(60)59-53/h12-36H,1-11H3. The predicted octanol–water partition coefficient (Wildman–Crippen LogP) is 13.4. The van der Waals surface area contributed by atoms with Crippen LogP contribution < -0.4 is 31.2 Å². The van der Waals surface area contributed by atoms with E-state index in [-0.39, 0.29) is 23.0 Å². The van der Waals surface area contributed by atoms with Gasteiger partial charge in [0, 0.05) is 51.7 Å². The van der Waals surface area contributed by atoms with Crippen LogP contribution in [0.5, 0.6) is 0 Å². The molecule has 0 atom stereocenters. The Hall–Kier alpha value is -6.53. The van der Waals surface area contributed by atoms with Crippen LogP contribution in [-0.4, -0.2) is 16.1 Å². The number of pyridine rings is 1. The zero-order valence-corrected chi connectivity index (χ0v) is 38.7. The number of aryl methyl sites for hydroxylation is 2. The molecule has 0 saturated heterocycles. The smallest absolute Gasteiger partial charge is 0.277 e. The third-order valence-electron chi connectivity index (χ3n) is 13.3. The molecule has 0 radical (unpaired) electrons. The molecule has 5 nitrogen and oxygen atoms in total. The summed E-state index contributed by atoms with van der Waals surface area (Å²) in [5.41, 5.74) is 20.1. The Balaban J connectivity index is 1.26. The normalized spacial score (nSPS) is 13.5. The first-order valence-corrected chi connectivity index (χ1v) is 22.5. The number of hydrogen-bond donors (Lipinski definition) is 0. The molecule has 0 spiro atoms. The number of benzene rings is 6. The Morgan fingerprint density at radius 3 is 1.56 bits per heavy atom. The molecule has 6 aromatic carbocycles. The summed E-state index contributed by atoms with van der Waals surface area (Å²) in [6, 6.07) is 54.2. The van der Waals surface area contributed by atoms with Crippen LogP contribution in [0.3, 0.4) is 0 Å². The molecule has 2 aliphatic heterocycles. The van der Waals surface area contributed by atoms with Crippen molar-refractivity contribution in [2.24, 2.45) is 0 Å². The summed E-state index contributed by atoms with van der Waals surface area (Å²) >= 11 is 0. The van der Waals surface area contributed by atoms with Crippen LogP contribution in [0.15, 0.2) is 152 Å². The van der Waals surface area contributed by atoms with E-state index >= 15 is 0 Å². The Bertz CT molecular complexity index is 2990. The first-order valence-electron chi connectivity index (χ1n) is 22.5. The minimum absolute atomic E-state index is 0.0323. The fourth-order valence-electron chi connectivity index (χ4n) is 9.78. The quantitative estimate of drug-likeness (QED) is 0.162. The molecule has 0 unspecified atom stereocenters. The third-order valence-corrected chi connectivity index (χ3v) is 13.3. The van der Waals surface area contributed by atoms with Crippen LogP contribution in [-0.2, 0) is 16.2 Å². The third kappa shape index (κ3) is 6.73. The van der Waals surface area contributed by atoms with E-state index in [0.29, 0.717) is 0 Å². The van der Waals surface area contributed by atoms with Gasteiger partial charge in [-0.1, -0.05) is 141 Å². The number of imidazole rings is 1. The molecule has 2 aromatic heterocycles. The van der Waals surface area contributed by atoms with Crippen LogP contribution in [0.25, 0.3) is 5.65 Å². The highest BCUT2D eigenvalue weighted by Gasteiger charge is 2.46. The molecular formula is C57H58BN5. The average molecular weight is 824 g/mol. The topological polar surface area (TPSA) is 27.0 Å². The van der Waals surface area contributed by atoms with Crippen LogP contribution in [0.4, 0.5) is 51.3 Å². The summed E-state index contributed by atoms with van der Waals surface area (Å²) in [4.78, 5) is 13.0. The summed E-state index contributed by atoms with van der Waals surface area (Å²) in [5.74, 6) is 1.09. The molecule has 0 amide bonds. The number of anilines is 9. The van der Waals surface area contributed by atoms with Gasteiger partial charge in [-0.05, 0) is 136 Å². The van der Waals surface area contributed by atoms with E-state index in [0.717, 1.165) is 45.5 Å². The molecule has 8 aromatic rings. The van der Waals surface area contributed by atoms with E-state index in [1.54, 1.807) is 0 Å². The van der Waals surface area contributed by atoms with Crippen molar-refractivity contribution < 1.29 is 0 Å². The van der Waals surface area contributed by atoms with E-state index in [1.807, 2.05) is 0 Å². The molecule has 0 aliphatic carbocycles. The monoisotopic (exact) mass is 823 g/mol. The largest absolute Gasteiger partial charge is 0.311 e. The summed E-state index contributed by atoms with van der Waals surface area (Å²) in [6.45, 7) is 25.0. The Morgan fingerprint density at radius 2 is 1.02 bits per heavy atom. The van der Waals surface area contributed by atoms with Gasteiger partial charge < -0.3 is 9.80 Å². The van der Waals surface area contributed by atoms with Gasteiger partial charge in [0.2, 0.25) is 0 Å². The lowest BCUT2D eigenvalue weighted by atomic mass is 9.35. The molecule has 63 heavy (non-hydrogen) atoms. The number of rotatable bonds is 5. The second-order valence-corrected chi connectivity index (χ2v) is 20.8. The second-order valence-electron chi connectivity index (χ2n) is 20.8. The molecule has 0 fully saturated rings. The summed E-state index contributed by atoms with van der Waals surface area (Å²) in [5, 5.41) is 0. The van der Waals surface area contributed by atoms with Crippen molar-refractivity contribution in [2.45, 2.75) is 92.4 Å². The van der Waals surface area contributed by atoms with Crippen LogP contribution in [0.1, 0.15) is 90.1 Å². The van der Waals surface area contributed by atoms with Gasteiger partial charge in [-0.15, -0.1) is 0 Å². The molecule has 4 heterocycles. The highest BCUT2D eigenvalue weighted by molar-refractivity contribution is 7.00. The SMILES string of the molecule is Cc1cc(C(C)(C)C)ccc1N(c1ccc2c(c1)N(c1ccccc1)c1cccc3c1B2c1nc2ccc(C(C)(C)C)cn2c1N3c1ccccc1)c1ccc(C(C)(C)C)cc1C. The van der Waals surface area contributed by atoms with Gasteiger partial charge in [0.25, 0.3) is 6.71 Å². The lowest BCUT2D eigenvalue weighted by Gasteiger charge is -2.43. The highest BCUT2D eigenvalue weighted by atomic mass is 15.3. The molecule has 0 bridgehead atoms. The maximum absolute atomic E-state index is 5.60. The maximum Gasteiger partial charge on any atom is 0.277 e. The van der Waals surface area contributed by atoms with E-state index in [2.05, 4.69) is 247 Å². The van der Waals surface area contributed by atoms with Crippen LogP contribution >= 0.6 is 0 Å². The van der Waals surface area contributed by atoms with Crippen LogP contribution in [0.2, 0.25) is 0 Å². The zero-order valence-electron chi connectivity index (χ0n) is 38.7. The van der Waals surface area contributed by atoms with Crippen molar-refractivity contribution in [2.75, 3.05) is 14.7 Å². The molecule has 2 aliphatic rings. The molecule has 314 valence electrons. The second kappa shape index (κ2) is 14.5. The number of nitrogens with zero attached hydrogens (tertiary/aromatic N) is 5. The van der Waals surface area contributed by atoms with Gasteiger partial charge >= 0.3 is 0 Å². The molecule has 6 heteroatoms. The van der Waals surface area contributed by atoms with Crippen molar-refractivity contribution in [3.63, 3.8) is 0 Å². The summed E-state index contributed by atoms with van der Waals surface area (Å²) < 4.78 is 2.34. The summed E-state index contributed by atoms with van der Waals surface area (Å²) in [6.07, 6.45) is 2.31. The Morgan fingerprint density at radius 1 is 0.492 bits per heavy atom. The van der Waals surface area contributed by atoms with Gasteiger partial charge in [-0.2, -0.15) is 0 Å². The molecule has 0 N–H and O–H groups in total. The van der Waals surface area contributed by atoms with Gasteiger partial charge in [-0.3, -0.25) is 9.30 Å². The first-order chi connectivity index (χ1) is 30.0. The van der Waals surface area contributed by atoms with Crippen molar-refractivity contribution >= 4 is 80.2 Å². The molecule has 0 saturated carbocycles. The van der Waals surface area contributed by atoms with E-state index in [4.69, 9.17) is 4.98 Å². The lowest BCUT2D eigenvalue weighted by molar-refractivity contribution is 0.586. The van der Waals surface area contributed by atoms with Gasteiger partial charge in [0.05, 0.1) is 5.59 Å². The van der Waals surface area contributed by atoms with E-state index in [9.17, 15) is 0 Å². The fraction of sp³-hybridized carbons (Fsp3) is 0.246. The van der Waals surface area contributed by atoms with E-state index < -0.39 is 0 Å². The zero-order chi connectivity index (χ0) is 44.2. The summed E-state index contributed by atoms with van der Waals surface area (Å²) in [7, 11) is 0. The van der Waals surface area contributed by atoms with Crippen molar-refractivity contribution in [3.8, 4) is 0 Å². The minimum atomic E-state index is -0.109. The number of aromatic nitrogens is 2. The van der Waals surface area contributed by atoms with Crippen LogP contribution in [0, 0.1) is 13.8 Å². The molecule has 10 rings (SSSR count). The minimum Gasteiger partial charge on any atom is -0.311 e. The number of hydrogen-bond acceptors (Lipinski definition) is 4.